The van der Waals surface area contributed by atoms with Crippen molar-refractivity contribution < 1.29 is 5.11 Å². The van der Waals surface area contributed by atoms with Gasteiger partial charge in [0.05, 0.1) is 5.60 Å². The van der Waals surface area contributed by atoms with Crippen molar-refractivity contribution in [3.8, 4) is 0 Å². The second-order valence-electron chi connectivity index (χ2n) is 5.13. The molecule has 4 atom stereocenters. The molecule has 1 N–H and O–H groups in total. The molecule has 12 heavy (non-hydrogen) atoms. The van der Waals surface area contributed by atoms with Crippen molar-refractivity contribution in [1.29, 1.82) is 0 Å². The Morgan fingerprint density at radius 3 is 2.17 bits per heavy atom. The zero-order valence-electron chi connectivity index (χ0n) is 8.43. The zero-order valence-corrected chi connectivity index (χ0v) is 8.43. The first kappa shape index (κ1) is 8.55. The van der Waals surface area contributed by atoms with Crippen LogP contribution in [0.4, 0.5) is 0 Å². The molecule has 2 fully saturated rings. The molecule has 0 radical (unpaired) electrons. The van der Waals surface area contributed by atoms with E-state index in [0.717, 1.165) is 12.3 Å². The molecule has 0 spiro atoms. The molecule has 4 unspecified atom stereocenters. The van der Waals surface area contributed by atoms with Gasteiger partial charge >= 0.3 is 0 Å². The fourth-order valence-electron chi connectivity index (χ4n) is 3.60. The molecule has 0 aromatic rings. The average Bonchev–Trinajstić information content (AvgIpc) is 2.55. The van der Waals surface area contributed by atoms with Crippen LogP contribution in [0.1, 0.15) is 46.5 Å². The van der Waals surface area contributed by atoms with Crippen molar-refractivity contribution in [2.24, 2.45) is 17.3 Å². The van der Waals surface area contributed by atoms with E-state index in [0.29, 0.717) is 5.92 Å². The van der Waals surface area contributed by atoms with Crippen LogP contribution >= 0.6 is 0 Å². The third kappa shape index (κ3) is 0.736. The third-order valence-electron chi connectivity index (χ3n) is 5.02. The molecule has 2 aliphatic carbocycles. The molecule has 2 bridgehead atoms. The summed E-state index contributed by atoms with van der Waals surface area (Å²) in [7, 11) is 0. The van der Waals surface area contributed by atoms with Gasteiger partial charge in [0.2, 0.25) is 0 Å². The number of rotatable bonds is 1. The minimum absolute atomic E-state index is 0.204. The summed E-state index contributed by atoms with van der Waals surface area (Å²) in [6.07, 6.45) is 5.01. The van der Waals surface area contributed by atoms with Crippen molar-refractivity contribution in [1.82, 2.24) is 0 Å². The van der Waals surface area contributed by atoms with Crippen LogP contribution in [0, 0.1) is 17.3 Å². The molecule has 1 heteroatoms. The second kappa shape index (κ2) is 2.25. The van der Waals surface area contributed by atoms with Crippen LogP contribution in [-0.2, 0) is 0 Å². The van der Waals surface area contributed by atoms with Crippen LogP contribution in [0.25, 0.3) is 0 Å². The summed E-state index contributed by atoms with van der Waals surface area (Å²) in [6, 6.07) is 0. The van der Waals surface area contributed by atoms with E-state index < -0.39 is 0 Å². The van der Waals surface area contributed by atoms with Crippen molar-refractivity contribution in [3.05, 3.63) is 0 Å². The monoisotopic (exact) mass is 168 g/mol. The Hall–Kier alpha value is -0.0400. The van der Waals surface area contributed by atoms with E-state index in [-0.39, 0.29) is 11.0 Å². The van der Waals surface area contributed by atoms with Gasteiger partial charge in [0.1, 0.15) is 0 Å². The van der Waals surface area contributed by atoms with E-state index in [1.165, 1.54) is 19.3 Å². The smallest absolute Gasteiger partial charge is 0.0703 e. The lowest BCUT2D eigenvalue weighted by Crippen LogP contribution is -2.48. The molecular formula is C11H20O. The molecule has 1 nitrogen and oxygen atoms in total. The van der Waals surface area contributed by atoms with Gasteiger partial charge in [-0.3, -0.25) is 0 Å². The lowest BCUT2D eigenvalue weighted by atomic mass is 9.63. The largest absolute Gasteiger partial charge is 0.389 e. The predicted octanol–water partition coefficient (Wildman–Crippen LogP) is 2.58. The highest BCUT2D eigenvalue weighted by Crippen LogP contribution is 2.62. The highest BCUT2D eigenvalue weighted by Gasteiger charge is 2.60. The number of hydrogen-bond donors (Lipinski definition) is 1. The predicted molar refractivity (Wildman–Crippen MR) is 49.9 cm³/mol. The van der Waals surface area contributed by atoms with Gasteiger partial charge in [0.15, 0.2) is 0 Å². The molecule has 0 saturated heterocycles. The minimum Gasteiger partial charge on any atom is -0.389 e. The second-order valence-corrected chi connectivity index (χ2v) is 5.13. The summed E-state index contributed by atoms with van der Waals surface area (Å²) in [6.45, 7) is 6.55. The molecule has 2 saturated carbocycles. The van der Waals surface area contributed by atoms with Crippen molar-refractivity contribution in [2.45, 2.75) is 52.1 Å². The molecule has 2 rings (SSSR count). The van der Waals surface area contributed by atoms with E-state index in [1.807, 2.05) is 0 Å². The van der Waals surface area contributed by atoms with Crippen molar-refractivity contribution >= 4 is 0 Å². The molecule has 2 aliphatic rings. The molecule has 0 heterocycles. The van der Waals surface area contributed by atoms with E-state index in [9.17, 15) is 5.11 Å². The topological polar surface area (TPSA) is 20.2 Å². The fraction of sp³-hybridized carbons (Fsp3) is 1.00. The van der Waals surface area contributed by atoms with Gasteiger partial charge in [-0.2, -0.15) is 0 Å². The number of hydrogen-bond acceptors (Lipinski definition) is 1. The van der Waals surface area contributed by atoms with E-state index in [2.05, 4.69) is 20.8 Å². The molecular weight excluding hydrogens is 148 g/mol. The first-order chi connectivity index (χ1) is 5.52. The first-order valence-corrected chi connectivity index (χ1v) is 5.24. The van der Waals surface area contributed by atoms with Gasteiger partial charge in [-0.1, -0.05) is 13.8 Å². The van der Waals surface area contributed by atoms with Crippen LogP contribution < -0.4 is 0 Å². The van der Waals surface area contributed by atoms with Crippen LogP contribution in [0.5, 0.6) is 0 Å². The lowest BCUT2D eigenvalue weighted by molar-refractivity contribution is -0.102. The summed E-state index contributed by atoms with van der Waals surface area (Å²) in [5.41, 5.74) is -0.180. The quantitative estimate of drug-likeness (QED) is 0.638. The summed E-state index contributed by atoms with van der Waals surface area (Å²) in [5.74, 6) is 1.38. The summed E-state index contributed by atoms with van der Waals surface area (Å²) in [4.78, 5) is 0. The van der Waals surface area contributed by atoms with E-state index >= 15 is 0 Å². The molecule has 0 aliphatic heterocycles. The van der Waals surface area contributed by atoms with Crippen LogP contribution in [0.15, 0.2) is 0 Å². The maximum absolute atomic E-state index is 10.4. The highest BCUT2D eigenvalue weighted by molar-refractivity contribution is 5.11. The van der Waals surface area contributed by atoms with Crippen LogP contribution in [0.3, 0.4) is 0 Å². The molecule has 0 aromatic carbocycles. The summed E-state index contributed by atoms with van der Waals surface area (Å²) >= 11 is 0. The van der Waals surface area contributed by atoms with Gasteiger partial charge in [-0.15, -0.1) is 0 Å². The van der Waals surface area contributed by atoms with E-state index in [1.54, 1.807) is 0 Å². The number of fused-ring (bicyclic) bond motifs is 2. The van der Waals surface area contributed by atoms with Crippen molar-refractivity contribution in [2.75, 3.05) is 0 Å². The highest BCUT2D eigenvalue weighted by atomic mass is 16.3. The Labute approximate surface area is 75.2 Å². The molecule has 0 amide bonds. The Morgan fingerprint density at radius 2 is 1.83 bits per heavy atom. The lowest BCUT2D eigenvalue weighted by Gasteiger charge is -2.45. The van der Waals surface area contributed by atoms with Gasteiger partial charge in [-0.05, 0) is 49.9 Å². The summed E-state index contributed by atoms with van der Waals surface area (Å²) < 4.78 is 0. The SMILES string of the molecule is CCC1(C)C2CCC(C2)C1(C)O. The average molecular weight is 168 g/mol. The molecule has 70 valence electrons. The standard InChI is InChI=1S/C11H20O/c1-4-10(2)8-5-6-9(7-8)11(10,3)12/h8-9,12H,4-7H2,1-3H3. The van der Waals surface area contributed by atoms with E-state index in [4.69, 9.17) is 0 Å². The Morgan fingerprint density at radius 1 is 1.25 bits per heavy atom. The first-order valence-electron chi connectivity index (χ1n) is 5.24. The van der Waals surface area contributed by atoms with Crippen LogP contribution in [-0.4, -0.2) is 10.7 Å². The minimum atomic E-state index is -0.384. The van der Waals surface area contributed by atoms with Gasteiger partial charge in [-0.25, -0.2) is 0 Å². The molecule has 0 aromatic heterocycles. The Balaban J connectivity index is 2.34. The maximum atomic E-state index is 10.4. The van der Waals surface area contributed by atoms with Gasteiger partial charge in [0, 0.05) is 0 Å². The fourth-order valence-corrected chi connectivity index (χ4v) is 3.60. The number of aliphatic hydroxyl groups is 1. The van der Waals surface area contributed by atoms with Crippen LogP contribution in [0.2, 0.25) is 0 Å². The Bertz CT molecular complexity index is 197. The zero-order chi connectivity index (χ0) is 8.98. The summed E-state index contributed by atoms with van der Waals surface area (Å²) in [5, 5.41) is 10.4. The normalized spacial score (nSPS) is 58.0. The van der Waals surface area contributed by atoms with Crippen molar-refractivity contribution in [3.63, 3.8) is 0 Å². The van der Waals surface area contributed by atoms with Gasteiger partial charge < -0.3 is 5.11 Å². The Kier molecular flexibility index (Phi) is 1.61. The van der Waals surface area contributed by atoms with Gasteiger partial charge in [0.25, 0.3) is 0 Å². The third-order valence-corrected chi connectivity index (χ3v) is 5.02. The maximum Gasteiger partial charge on any atom is 0.0703 e.